The molecule has 0 bridgehead atoms. The second kappa shape index (κ2) is 20.6. The van der Waals surface area contributed by atoms with Gasteiger partial charge < -0.3 is 108 Å². The summed E-state index contributed by atoms with van der Waals surface area (Å²) >= 11 is 0. The van der Waals surface area contributed by atoms with Crippen molar-refractivity contribution in [2.24, 2.45) is 0 Å². The third kappa shape index (κ3) is 11.7. The number of anilines is 3. The molecule has 6 aromatic rings. The number of aromatic nitrogens is 12. The van der Waals surface area contributed by atoms with E-state index in [-0.39, 0.29) is 50.9 Å². The molecule has 0 saturated carbocycles. The number of hydrogen-bond acceptors (Lipinski definition) is 37. The maximum Gasteiger partial charge on any atom is 0.278 e. The first-order valence-electron chi connectivity index (χ1n) is 20.6. The maximum atomic E-state index is 13.6. The number of phosphoric ester groups is 3. The lowest BCUT2D eigenvalue weighted by atomic mass is 10.1. The van der Waals surface area contributed by atoms with Crippen molar-refractivity contribution in [3.8, 4) is 0 Å². The van der Waals surface area contributed by atoms with Crippen LogP contribution in [0.5, 0.6) is 0 Å². The molecule has 4 unspecified atom stereocenters. The largest absolute Gasteiger partial charge is 0.790 e. The fraction of sp³-hybridized carbons (Fsp3) is 0.500. The lowest BCUT2D eigenvalue weighted by molar-refractivity contribution is -0.339. The molecule has 0 aromatic carbocycles. The van der Waals surface area contributed by atoms with E-state index in [2.05, 4.69) is 58.0 Å². The van der Waals surface area contributed by atoms with Crippen LogP contribution in [0.15, 0.2) is 38.0 Å². The third-order valence-corrected chi connectivity index (χ3v) is 16.6. The Hall–Kier alpha value is -4.60. The molecule has 0 radical (unpaired) electrons. The van der Waals surface area contributed by atoms with Gasteiger partial charge in [-0.25, -0.2) is 49.2 Å². The van der Waals surface area contributed by atoms with Gasteiger partial charge in [0.2, 0.25) is 0 Å². The molecule has 16 atom stereocenters. The van der Waals surface area contributed by atoms with Crippen molar-refractivity contribution in [2.45, 2.75) is 73.6 Å². The number of fused-ring (bicyclic) bond motifs is 3. The molecule has 40 nitrogen and oxygen atoms in total. The number of hydrogen-bond donors (Lipinski definition) is 7. The molecule has 3 fully saturated rings. The van der Waals surface area contributed by atoms with Crippen LogP contribution in [-0.4, -0.2) is 154 Å². The van der Waals surface area contributed by atoms with Crippen LogP contribution in [0.3, 0.4) is 0 Å². The summed E-state index contributed by atoms with van der Waals surface area (Å²) in [6, 6.07) is 0. The predicted molar refractivity (Wildman–Crippen MR) is 223 cm³/mol. The molecular weight excluding hydrogens is 1130 g/mol. The third-order valence-electron chi connectivity index (χ3n) is 11.0. The van der Waals surface area contributed by atoms with E-state index in [1.165, 1.54) is 10.9 Å². The van der Waals surface area contributed by atoms with Gasteiger partial charge in [0.05, 0.1) is 46.6 Å². The highest BCUT2D eigenvalue weighted by atomic mass is 31.3. The molecule has 6 aromatic heterocycles. The van der Waals surface area contributed by atoms with Gasteiger partial charge in [-0.2, -0.15) is 0 Å². The number of aliphatic hydroxyl groups excluding tert-OH is 4. The van der Waals surface area contributed by atoms with Gasteiger partial charge in [0.1, 0.15) is 90.5 Å². The zero-order valence-corrected chi connectivity index (χ0v) is 41.2. The summed E-state index contributed by atoms with van der Waals surface area (Å²) in [6.07, 6.45) is -16.8. The van der Waals surface area contributed by atoms with Crippen LogP contribution >= 0.6 is 39.1 Å². The number of rotatable bonds is 20. The molecular formula is C30H34N15O25P5-6. The fourth-order valence-corrected chi connectivity index (χ4v) is 12.5. The lowest BCUT2D eigenvalue weighted by Gasteiger charge is -2.37. The first-order valence-corrected chi connectivity index (χ1v) is 27.9. The minimum Gasteiger partial charge on any atom is -0.790 e. The number of nitrogen functional groups attached to an aromatic ring is 3. The highest BCUT2D eigenvalue weighted by Gasteiger charge is 2.52. The Morgan fingerprint density at radius 1 is 0.467 bits per heavy atom. The monoisotopic (exact) mass is 1160 g/mol. The zero-order chi connectivity index (χ0) is 54.2. The molecule has 45 heteroatoms. The van der Waals surface area contributed by atoms with Gasteiger partial charge in [-0.15, -0.1) is 0 Å². The SMILES string of the molecule is Nc1ncnc2c1ncn2[C@@H]1O[C@H](COP(=O)([O-])O[C@@H]2[C@H](O)[C@@H](COP(=O)([O-])O[C@@H]3[C@H](O)[C@@H](COP(=O)([O-])OP(=O)([O-])OP(=O)([O-])[O-])O[C@H]3n3cnc4c(N)ncnc43)O[C@H]2n2cnc3c(N)ncnc32)[C@@H](O)[C@H]1O. The standard InChI is InChI=1S/C30H40N15O25P5/c31-22-13-25(37-4-34-22)43(7-40-13)28-19(49)16(46)10(64-28)1-61-72(53,54)67-20-17(47)11(65-29(20)44-8-41-14-23(32)35-5-38-26(14)44)2-62-73(55,56)68-21-18(48)12(3-63-74(57,58)70-75(59,60)69-71(50,51)52)66-30(21)45-9-42-15-24(33)36-6-39-27(15)45/h4-12,16-21,28-30,46-49H,1-3H2,(H,53,54)(H,55,56)(H,57,58)(H,59,60)(H2,31,34,37)(H2,32,35,38)(H2,33,36,39)(H2,50,51,52)/p-6/t10-,11-,12-,16-,17-,18-,19-,20-,21-,28-,29-,30-/m1/s1. The number of nitrogens with zero attached hydrogens (tertiary/aromatic N) is 12. The quantitative estimate of drug-likeness (QED) is 0.0349. The zero-order valence-electron chi connectivity index (χ0n) is 36.7. The van der Waals surface area contributed by atoms with Gasteiger partial charge in [0, 0.05) is 0 Å². The molecule has 0 aliphatic carbocycles. The predicted octanol–water partition coefficient (Wildman–Crippen LogP) is -7.06. The molecule has 0 amide bonds. The summed E-state index contributed by atoms with van der Waals surface area (Å²) < 4.78 is 114. The number of imidazole rings is 3. The van der Waals surface area contributed by atoms with Crippen LogP contribution in [0.25, 0.3) is 33.5 Å². The molecule has 3 saturated heterocycles. The molecule has 3 aliphatic rings. The van der Waals surface area contributed by atoms with Crippen LogP contribution < -0.4 is 46.6 Å². The van der Waals surface area contributed by atoms with Crippen molar-refractivity contribution in [3.63, 3.8) is 0 Å². The van der Waals surface area contributed by atoms with Crippen LogP contribution in [0, 0.1) is 0 Å². The van der Waals surface area contributed by atoms with E-state index >= 15 is 0 Å². The average Bonchev–Trinajstić information content (AvgIpc) is 4.18. The maximum absolute atomic E-state index is 13.6. The van der Waals surface area contributed by atoms with Crippen molar-refractivity contribution in [1.29, 1.82) is 0 Å². The molecule has 0 spiro atoms. The minimum absolute atomic E-state index is 0.0164. The second-order valence-electron chi connectivity index (χ2n) is 15.8. The Balaban J connectivity index is 0.912. The van der Waals surface area contributed by atoms with E-state index in [4.69, 9.17) is 49.5 Å². The Bertz CT molecular complexity index is 3350. The summed E-state index contributed by atoms with van der Waals surface area (Å²) in [5.41, 5.74) is 17.3. The van der Waals surface area contributed by atoms with Crippen molar-refractivity contribution < 1.29 is 118 Å². The average molecular weight is 1160 g/mol. The van der Waals surface area contributed by atoms with Crippen molar-refractivity contribution in [2.75, 3.05) is 37.0 Å². The molecule has 75 heavy (non-hydrogen) atoms. The topological polar surface area (TPSA) is 606 Å². The lowest BCUT2D eigenvalue weighted by Crippen LogP contribution is -2.38. The van der Waals surface area contributed by atoms with Gasteiger partial charge in [-0.1, -0.05) is 0 Å². The highest BCUT2D eigenvalue weighted by Crippen LogP contribution is 2.61. The van der Waals surface area contributed by atoms with Crippen molar-refractivity contribution >= 4 is 90.1 Å². The van der Waals surface area contributed by atoms with Gasteiger partial charge in [0.25, 0.3) is 31.3 Å². The van der Waals surface area contributed by atoms with Gasteiger partial charge in [0.15, 0.2) is 53.1 Å². The fourth-order valence-electron chi connectivity index (χ4n) is 7.79. The summed E-state index contributed by atoms with van der Waals surface area (Å²) in [7, 11) is -30.6. The number of phosphoric acid groups is 5. The molecule has 9 heterocycles. The van der Waals surface area contributed by atoms with Crippen LogP contribution in [0.2, 0.25) is 0 Å². The van der Waals surface area contributed by atoms with E-state index in [0.29, 0.717) is 0 Å². The molecule has 10 N–H and O–H groups in total. The Kier molecular flexibility index (Phi) is 15.2. The highest BCUT2D eigenvalue weighted by molar-refractivity contribution is 7.64. The second-order valence-corrected chi connectivity index (χ2v) is 22.8. The smallest absolute Gasteiger partial charge is 0.278 e. The summed E-state index contributed by atoms with van der Waals surface area (Å²) in [5.74, 6) is -0.392. The van der Waals surface area contributed by atoms with Crippen molar-refractivity contribution in [1.82, 2.24) is 58.6 Å². The van der Waals surface area contributed by atoms with E-state index < -0.39 is 133 Å². The number of aliphatic hydroxyl groups is 4. The Morgan fingerprint density at radius 3 is 1.20 bits per heavy atom. The van der Waals surface area contributed by atoms with Gasteiger partial charge in [-0.05, 0) is 0 Å². The normalized spacial score (nSPS) is 30.7. The molecule has 9 rings (SSSR count). The Labute approximate surface area is 414 Å². The van der Waals surface area contributed by atoms with Crippen LogP contribution in [-0.2, 0) is 68.3 Å². The minimum atomic E-state index is -6.45. The number of nitrogens with two attached hydrogens (primary N) is 3. The number of ether oxygens (including phenoxy) is 3. The summed E-state index contributed by atoms with van der Waals surface area (Å²) in [4.78, 5) is 108. The van der Waals surface area contributed by atoms with Gasteiger partial charge >= 0.3 is 0 Å². The van der Waals surface area contributed by atoms with E-state index in [1.54, 1.807) is 0 Å². The van der Waals surface area contributed by atoms with Crippen LogP contribution in [0.1, 0.15) is 18.7 Å². The van der Waals surface area contributed by atoms with Gasteiger partial charge in [-0.3, -0.25) is 36.3 Å². The molecule has 410 valence electrons. The van der Waals surface area contributed by atoms with E-state index in [1.807, 2.05) is 0 Å². The molecule has 3 aliphatic heterocycles. The Morgan fingerprint density at radius 2 is 0.813 bits per heavy atom. The summed E-state index contributed by atoms with van der Waals surface area (Å²) in [5, 5.41) is 44.5. The van der Waals surface area contributed by atoms with E-state index in [0.717, 1.165) is 40.8 Å². The van der Waals surface area contributed by atoms with Crippen LogP contribution in [0.4, 0.5) is 17.5 Å². The first kappa shape index (κ1) is 55.2. The summed E-state index contributed by atoms with van der Waals surface area (Å²) in [6.45, 7) is -3.70. The van der Waals surface area contributed by atoms with E-state index in [9.17, 15) is 72.6 Å². The first-order chi connectivity index (χ1) is 35.1. The van der Waals surface area contributed by atoms with Crippen molar-refractivity contribution in [3.05, 3.63) is 38.0 Å².